The fourth-order valence-corrected chi connectivity index (χ4v) is 15.9. The van der Waals surface area contributed by atoms with Gasteiger partial charge in [0.1, 0.15) is 0 Å². The van der Waals surface area contributed by atoms with Crippen LogP contribution in [0, 0.1) is 0 Å². The first kappa shape index (κ1) is 72.9. The SMILES string of the molecule is CC(C)c1ccc(-c2nc(-c3ccccc3)nc(-c3c4nc(c(-c5nc(-c6ccccc6)nc(-c6ccccc6)n5)c5[n-]c(c(-c6nc(-c7ccccc7)nc(-c7ccccc7)n6)c6nc(c(-c7nc(-c8ccccc8)nc(-c8ccc(C(C)C)cc8)n7)c7[n-]c3c3ccccc73)-c3ccccc3-6)c3ccccc53)-c3ccccc3-4)n2)cc1.[Pt]. The Kier molecular flexibility index (Phi) is 18.8. The van der Waals surface area contributed by atoms with Crippen LogP contribution >= 0.6 is 0 Å². The predicted molar refractivity (Wildman–Crippen MR) is 470 cm³/mol. The van der Waals surface area contributed by atoms with Crippen molar-refractivity contribution in [3.05, 3.63) is 339 Å². The molecule has 12 aromatic carbocycles. The van der Waals surface area contributed by atoms with Gasteiger partial charge in [-0.3, -0.25) is 0 Å². The molecule has 568 valence electrons. The topological polar surface area (TPSA) is 209 Å². The summed E-state index contributed by atoms with van der Waals surface area (Å²) in [5.41, 5.74) is 17.6. The second-order valence-corrected chi connectivity index (χ2v) is 29.9. The molecule has 6 aromatic heterocycles. The van der Waals surface area contributed by atoms with Gasteiger partial charge in [0.15, 0.2) is 69.9 Å². The monoisotopic (exact) mass is 1710 g/mol. The van der Waals surface area contributed by atoms with Gasteiger partial charge in [-0.05, 0) is 44.5 Å². The molecule has 18 aromatic rings. The van der Waals surface area contributed by atoms with Gasteiger partial charge in [0.05, 0.1) is 22.8 Å². The molecule has 0 fully saturated rings. The van der Waals surface area contributed by atoms with E-state index in [1.165, 1.54) is 11.1 Å². The smallest absolute Gasteiger partial charge is 0.165 e. The maximum absolute atomic E-state index is 6.23. The van der Waals surface area contributed by atoms with E-state index in [1.54, 1.807) is 0 Å². The fourth-order valence-electron chi connectivity index (χ4n) is 15.9. The zero-order valence-corrected chi connectivity index (χ0v) is 67.1. The standard InChI is InChI=1S/C102H68N16.Pt/c1-59(2)61-51-55-69(56-52-61)97-109-95(67-39-19-9-20-40-67)115-101(117-97)81-87-75-47-27-25-45-73(75)85(104-87)79(99-111-91(63-31-11-5-12-32-63)107-92(112-99)64-33-13-6-14-34-64)83-71-43-23-24-44-72(71)84(103-83)80(100-113-93(65-35-15-7-16-36-65)108-94(114-100)66-37-17-8-18-38-66)86-74-46-26-28-48-76(74)88(105-86)82(90-78-50-30-29-49-77(78)89(81)106-90)102-116-96(68-41-21-10-22-42-68)110-98(118-102)70-57-53-62(54-58-70)60(3)4;/h5-60H,1-4H3;/q-2;. The molecular weight excluding hydrogens is 1640 g/mol. The molecule has 3 aliphatic rings. The first-order valence-electron chi connectivity index (χ1n) is 39.5. The van der Waals surface area contributed by atoms with Crippen LogP contribution < -0.4 is 9.97 Å². The summed E-state index contributed by atoms with van der Waals surface area (Å²) in [5, 5.41) is 2.99. The average Bonchev–Trinajstić information content (AvgIpc) is 1.56. The van der Waals surface area contributed by atoms with Crippen LogP contribution in [0.2, 0.25) is 0 Å². The molecule has 16 nitrogen and oxygen atoms in total. The minimum Gasteiger partial charge on any atom is -0.656 e. The molecule has 0 atom stereocenters. The molecule has 8 bridgehead atoms. The van der Waals surface area contributed by atoms with Gasteiger partial charge in [-0.25, -0.2) is 69.8 Å². The Labute approximate surface area is 699 Å². The third-order valence-electron chi connectivity index (χ3n) is 21.8. The van der Waals surface area contributed by atoms with E-state index in [9.17, 15) is 0 Å². The number of nitrogens with zero attached hydrogens (tertiary/aromatic N) is 16. The van der Waals surface area contributed by atoms with Gasteiger partial charge in [-0.1, -0.05) is 355 Å². The van der Waals surface area contributed by atoms with Gasteiger partial charge >= 0.3 is 0 Å². The van der Waals surface area contributed by atoms with Crippen molar-refractivity contribution >= 4 is 43.6 Å². The summed E-state index contributed by atoms with van der Waals surface area (Å²) in [6.45, 7) is 8.77. The molecule has 8 heterocycles. The molecule has 119 heavy (non-hydrogen) atoms. The molecule has 21 rings (SSSR count). The van der Waals surface area contributed by atoms with Crippen LogP contribution in [0.25, 0.3) is 225 Å². The summed E-state index contributed by atoms with van der Waals surface area (Å²) in [6.07, 6.45) is 0. The first-order chi connectivity index (χ1) is 58.1. The van der Waals surface area contributed by atoms with E-state index in [0.29, 0.717) is 137 Å². The quantitative estimate of drug-likeness (QED) is 0.0991. The van der Waals surface area contributed by atoms with E-state index in [1.807, 2.05) is 231 Å². The molecule has 0 N–H and O–H groups in total. The van der Waals surface area contributed by atoms with Gasteiger partial charge in [-0.15, -0.1) is 22.1 Å². The Balaban J connectivity index is 0.00000907. The number of aromatic nitrogens is 16. The van der Waals surface area contributed by atoms with E-state index in [0.717, 1.165) is 88.3 Å². The number of rotatable bonds is 14. The normalized spacial score (nSPS) is 11.6. The molecule has 0 unspecified atom stereocenters. The van der Waals surface area contributed by atoms with E-state index >= 15 is 0 Å². The second-order valence-electron chi connectivity index (χ2n) is 29.9. The van der Waals surface area contributed by atoms with Crippen LogP contribution in [0.4, 0.5) is 0 Å². The second kappa shape index (κ2) is 30.6. The van der Waals surface area contributed by atoms with E-state index in [4.69, 9.17) is 79.7 Å². The van der Waals surface area contributed by atoms with Crippen molar-refractivity contribution in [2.75, 3.05) is 0 Å². The van der Waals surface area contributed by atoms with Gasteiger partial charge in [0, 0.05) is 110 Å². The predicted octanol–water partition coefficient (Wildman–Crippen LogP) is 23.5. The molecule has 0 radical (unpaired) electrons. The Morgan fingerprint density at radius 1 is 0.176 bits per heavy atom. The van der Waals surface area contributed by atoms with Crippen LogP contribution in [0.1, 0.15) is 50.7 Å². The van der Waals surface area contributed by atoms with E-state index in [2.05, 4.69) is 125 Å². The summed E-state index contributed by atoms with van der Waals surface area (Å²) in [7, 11) is 0. The van der Waals surface area contributed by atoms with Crippen LogP contribution in [-0.2, 0) is 21.1 Å². The van der Waals surface area contributed by atoms with Crippen molar-refractivity contribution in [3.8, 4) is 182 Å². The number of benzene rings is 12. The zero-order valence-electron chi connectivity index (χ0n) is 64.8. The zero-order chi connectivity index (χ0) is 78.9. The fraction of sp³-hybridized carbons (Fsp3) is 0.0588. The molecular formula is C102H68N16Pt-2. The Bertz CT molecular complexity index is 6790. The van der Waals surface area contributed by atoms with Crippen molar-refractivity contribution in [2.24, 2.45) is 0 Å². The van der Waals surface area contributed by atoms with Crippen LogP contribution in [0.3, 0.4) is 0 Å². The van der Waals surface area contributed by atoms with Gasteiger partial charge in [-0.2, -0.15) is 0 Å². The summed E-state index contributed by atoms with van der Waals surface area (Å²) in [6, 6.07) is 110. The third kappa shape index (κ3) is 13.3. The summed E-state index contributed by atoms with van der Waals surface area (Å²) < 4.78 is 0. The van der Waals surface area contributed by atoms with Crippen molar-refractivity contribution in [1.82, 2.24) is 79.7 Å². The van der Waals surface area contributed by atoms with Crippen molar-refractivity contribution in [3.63, 3.8) is 0 Å². The number of hydrogen-bond donors (Lipinski definition) is 0. The molecule has 1 aliphatic carbocycles. The average molecular weight is 1710 g/mol. The molecule has 0 amide bonds. The van der Waals surface area contributed by atoms with Crippen molar-refractivity contribution < 1.29 is 21.1 Å². The Morgan fingerprint density at radius 2 is 0.345 bits per heavy atom. The van der Waals surface area contributed by atoms with Gasteiger partial charge < -0.3 is 9.97 Å². The van der Waals surface area contributed by atoms with Gasteiger partial charge in [0.2, 0.25) is 0 Å². The number of hydrogen-bond acceptors (Lipinski definition) is 14. The van der Waals surface area contributed by atoms with Crippen molar-refractivity contribution in [1.29, 1.82) is 0 Å². The van der Waals surface area contributed by atoms with Crippen LogP contribution in [-0.4, -0.2) is 69.8 Å². The summed E-state index contributed by atoms with van der Waals surface area (Å²) in [4.78, 5) is 91.7. The summed E-state index contributed by atoms with van der Waals surface area (Å²) >= 11 is 0. The van der Waals surface area contributed by atoms with Crippen LogP contribution in [0.5, 0.6) is 0 Å². The molecule has 17 heteroatoms. The van der Waals surface area contributed by atoms with Crippen LogP contribution in [0.15, 0.2) is 328 Å². The maximum Gasteiger partial charge on any atom is 0.165 e. The maximum atomic E-state index is 6.23. The molecule has 0 saturated heterocycles. The summed E-state index contributed by atoms with van der Waals surface area (Å²) in [5.74, 6) is 5.29. The van der Waals surface area contributed by atoms with E-state index in [-0.39, 0.29) is 32.9 Å². The minimum atomic E-state index is 0. The molecule has 2 aliphatic heterocycles. The first-order valence-corrected chi connectivity index (χ1v) is 39.5. The van der Waals surface area contributed by atoms with Gasteiger partial charge in [0.25, 0.3) is 0 Å². The third-order valence-corrected chi connectivity index (χ3v) is 21.8. The van der Waals surface area contributed by atoms with Crippen molar-refractivity contribution in [2.45, 2.75) is 39.5 Å². The largest absolute Gasteiger partial charge is 0.656 e. The van der Waals surface area contributed by atoms with E-state index < -0.39 is 0 Å². The molecule has 0 saturated carbocycles. The Morgan fingerprint density at radius 3 is 0.538 bits per heavy atom. The minimum absolute atomic E-state index is 0. The Hall–Kier alpha value is -15.0. The molecule has 0 spiro atoms.